The van der Waals surface area contributed by atoms with Crippen LogP contribution in [0, 0.1) is 0 Å². The molecule has 0 unspecified atom stereocenters. The van der Waals surface area contributed by atoms with Crippen molar-refractivity contribution in [2.24, 2.45) is 4.99 Å². The maximum atomic E-state index is 9.83. The lowest BCUT2D eigenvalue weighted by Gasteiger charge is -2.25. The molecular weight excluding hydrogens is 348 g/mol. The number of phenols is 1. The number of para-hydroxylation sites is 1. The van der Waals surface area contributed by atoms with E-state index >= 15 is 0 Å². The Kier molecular flexibility index (Phi) is 6.46. The summed E-state index contributed by atoms with van der Waals surface area (Å²) in [5.41, 5.74) is 4.29. The zero-order chi connectivity index (χ0) is 19.2. The largest absolute Gasteiger partial charge is 0.508 e. The molecule has 1 aliphatic rings. The number of benzene rings is 2. The number of aromatic hydroxyl groups is 1. The second kappa shape index (κ2) is 8.58. The SMILES string of the molecule is CCN1/C(=C\C=Nc2ccccc2)C(C)(C)c2cc(O)ccc21.O=S=O. The van der Waals surface area contributed by atoms with Crippen LogP contribution in [0.2, 0.25) is 0 Å². The van der Waals surface area contributed by atoms with Gasteiger partial charge in [0.15, 0.2) is 0 Å². The highest BCUT2D eigenvalue weighted by Gasteiger charge is 2.39. The van der Waals surface area contributed by atoms with Crippen molar-refractivity contribution < 1.29 is 13.5 Å². The van der Waals surface area contributed by atoms with Crippen LogP contribution in [0.5, 0.6) is 5.75 Å². The van der Waals surface area contributed by atoms with Crippen LogP contribution in [0.1, 0.15) is 26.3 Å². The van der Waals surface area contributed by atoms with E-state index in [0.717, 1.165) is 23.5 Å². The Morgan fingerprint density at radius 1 is 1.15 bits per heavy atom. The standard InChI is InChI=1S/C20H22N2O.O2S/c1-4-22-18-11-10-16(23)14-17(18)20(2,3)19(22)12-13-21-15-8-6-5-7-9-15;1-3-2/h5-14,23H,4H2,1-3H3;/b19-12-,21-13?;. The summed E-state index contributed by atoms with van der Waals surface area (Å²) >= 11 is -0.750. The van der Waals surface area contributed by atoms with Crippen molar-refractivity contribution in [3.8, 4) is 5.75 Å². The van der Waals surface area contributed by atoms with Gasteiger partial charge >= 0.3 is 11.6 Å². The Morgan fingerprint density at radius 2 is 1.81 bits per heavy atom. The third-order valence-corrected chi connectivity index (χ3v) is 4.40. The van der Waals surface area contributed by atoms with Gasteiger partial charge in [-0.25, -0.2) is 0 Å². The monoisotopic (exact) mass is 370 g/mol. The first-order chi connectivity index (χ1) is 12.5. The molecular formula is C20H22N2O3S. The van der Waals surface area contributed by atoms with Crippen molar-refractivity contribution in [3.05, 3.63) is 65.9 Å². The minimum Gasteiger partial charge on any atom is -0.508 e. The summed E-state index contributed by atoms with van der Waals surface area (Å²) < 4.78 is 16.6. The van der Waals surface area contributed by atoms with Gasteiger partial charge in [0.2, 0.25) is 0 Å². The van der Waals surface area contributed by atoms with E-state index in [0.29, 0.717) is 5.75 Å². The Labute approximate surface area is 157 Å². The van der Waals surface area contributed by atoms with E-state index in [9.17, 15) is 5.11 Å². The predicted molar refractivity (Wildman–Crippen MR) is 106 cm³/mol. The number of anilines is 1. The van der Waals surface area contributed by atoms with E-state index in [4.69, 9.17) is 8.42 Å². The number of fused-ring (bicyclic) bond motifs is 1. The number of rotatable bonds is 3. The van der Waals surface area contributed by atoms with Gasteiger partial charge in [-0.15, -0.1) is 0 Å². The molecule has 5 nitrogen and oxygen atoms in total. The van der Waals surface area contributed by atoms with E-state index in [1.54, 1.807) is 6.07 Å². The maximum Gasteiger partial charge on any atom is 0.335 e. The van der Waals surface area contributed by atoms with Gasteiger partial charge in [-0.3, -0.25) is 4.99 Å². The second-order valence-corrected chi connectivity index (χ2v) is 6.44. The smallest absolute Gasteiger partial charge is 0.335 e. The molecule has 0 saturated heterocycles. The molecule has 0 radical (unpaired) electrons. The van der Waals surface area contributed by atoms with E-state index in [-0.39, 0.29) is 5.41 Å². The number of nitrogens with zero attached hydrogens (tertiary/aromatic N) is 2. The number of allylic oxidation sites excluding steroid dienone is 2. The average Bonchev–Trinajstić information content (AvgIpc) is 2.83. The van der Waals surface area contributed by atoms with E-state index < -0.39 is 11.6 Å². The van der Waals surface area contributed by atoms with Crippen molar-refractivity contribution in [3.63, 3.8) is 0 Å². The van der Waals surface area contributed by atoms with Crippen LogP contribution in [0.15, 0.2) is 65.3 Å². The fourth-order valence-corrected chi connectivity index (χ4v) is 3.21. The number of likely N-dealkylation sites (N-methyl/N-ethyl adjacent to an activating group) is 1. The van der Waals surface area contributed by atoms with Crippen LogP contribution in [-0.4, -0.2) is 26.3 Å². The molecule has 136 valence electrons. The summed E-state index contributed by atoms with van der Waals surface area (Å²) in [6.45, 7) is 7.39. The molecule has 0 aromatic heterocycles. The van der Waals surface area contributed by atoms with Crippen molar-refractivity contribution in [2.45, 2.75) is 26.2 Å². The topological polar surface area (TPSA) is 70.0 Å². The fraction of sp³-hybridized carbons (Fsp3) is 0.250. The van der Waals surface area contributed by atoms with Gasteiger partial charge in [-0.05, 0) is 48.9 Å². The van der Waals surface area contributed by atoms with Crippen LogP contribution in [-0.2, 0) is 17.0 Å². The Morgan fingerprint density at radius 3 is 2.42 bits per heavy atom. The van der Waals surface area contributed by atoms with Crippen molar-refractivity contribution in [2.75, 3.05) is 11.4 Å². The highest BCUT2D eigenvalue weighted by atomic mass is 32.1. The average molecular weight is 370 g/mol. The first-order valence-corrected chi connectivity index (χ1v) is 8.95. The quantitative estimate of drug-likeness (QED) is 0.825. The van der Waals surface area contributed by atoms with E-state index in [1.165, 1.54) is 5.70 Å². The predicted octanol–water partition coefficient (Wildman–Crippen LogP) is 4.13. The zero-order valence-corrected chi connectivity index (χ0v) is 15.9. The Hall–Kier alpha value is -2.73. The van der Waals surface area contributed by atoms with Gasteiger partial charge in [0.05, 0.1) is 5.69 Å². The molecule has 0 fully saturated rings. The molecule has 0 spiro atoms. The number of aliphatic imine (C=N–C) groups is 1. The van der Waals surface area contributed by atoms with Crippen LogP contribution < -0.4 is 4.90 Å². The van der Waals surface area contributed by atoms with Gasteiger partial charge in [-0.1, -0.05) is 32.0 Å². The van der Waals surface area contributed by atoms with Gasteiger partial charge in [0, 0.05) is 29.6 Å². The zero-order valence-electron chi connectivity index (χ0n) is 15.0. The number of hydrogen-bond acceptors (Lipinski definition) is 5. The van der Waals surface area contributed by atoms with Gasteiger partial charge < -0.3 is 10.0 Å². The minimum atomic E-state index is -0.750. The molecule has 0 saturated carbocycles. The summed E-state index contributed by atoms with van der Waals surface area (Å²) in [7, 11) is 0. The molecule has 26 heavy (non-hydrogen) atoms. The van der Waals surface area contributed by atoms with Gasteiger partial charge in [0.1, 0.15) is 5.75 Å². The van der Waals surface area contributed by atoms with Crippen molar-refractivity contribution in [1.29, 1.82) is 0 Å². The molecule has 1 N–H and O–H groups in total. The first kappa shape index (κ1) is 19.6. The molecule has 6 heteroatoms. The molecule has 0 aliphatic carbocycles. The summed E-state index contributed by atoms with van der Waals surface area (Å²) in [6, 6.07) is 15.5. The first-order valence-electron chi connectivity index (χ1n) is 8.28. The Bertz CT molecular complexity index is 855. The normalized spacial score (nSPS) is 16.3. The highest BCUT2D eigenvalue weighted by Crippen LogP contribution is 2.48. The third kappa shape index (κ3) is 4.08. The molecule has 0 atom stereocenters. The molecule has 2 aromatic carbocycles. The highest BCUT2D eigenvalue weighted by molar-refractivity contribution is 7.51. The molecule has 0 bridgehead atoms. The van der Waals surface area contributed by atoms with Crippen molar-refractivity contribution in [1.82, 2.24) is 0 Å². The summed E-state index contributed by atoms with van der Waals surface area (Å²) in [5, 5.41) is 9.83. The van der Waals surface area contributed by atoms with Gasteiger partial charge in [0.25, 0.3) is 0 Å². The van der Waals surface area contributed by atoms with E-state index in [2.05, 4.69) is 36.7 Å². The Balaban J connectivity index is 0.000000758. The lowest BCUT2D eigenvalue weighted by Crippen LogP contribution is -2.26. The molecule has 2 aromatic rings. The van der Waals surface area contributed by atoms with E-state index in [1.807, 2.05) is 48.7 Å². The fourth-order valence-electron chi connectivity index (χ4n) is 3.21. The molecule has 0 amide bonds. The van der Waals surface area contributed by atoms with Crippen LogP contribution in [0.4, 0.5) is 11.4 Å². The number of hydrogen-bond donors (Lipinski definition) is 1. The summed E-state index contributed by atoms with van der Waals surface area (Å²) in [6.07, 6.45) is 3.94. The molecule has 1 heterocycles. The lowest BCUT2D eigenvalue weighted by atomic mass is 9.83. The maximum absolute atomic E-state index is 9.83. The van der Waals surface area contributed by atoms with Crippen LogP contribution in [0.25, 0.3) is 0 Å². The number of phenolic OH excluding ortho intramolecular Hbond substituents is 1. The van der Waals surface area contributed by atoms with Gasteiger partial charge in [-0.2, -0.15) is 8.42 Å². The lowest BCUT2D eigenvalue weighted by molar-refractivity contribution is 0.473. The molecule has 1 aliphatic heterocycles. The van der Waals surface area contributed by atoms with Crippen LogP contribution in [0.3, 0.4) is 0 Å². The third-order valence-electron chi connectivity index (χ3n) is 4.40. The summed E-state index contributed by atoms with van der Waals surface area (Å²) in [5.74, 6) is 0.312. The van der Waals surface area contributed by atoms with Crippen molar-refractivity contribution >= 4 is 29.2 Å². The molecule has 3 rings (SSSR count). The van der Waals surface area contributed by atoms with Crippen LogP contribution >= 0.6 is 0 Å². The second-order valence-electron chi connectivity index (χ2n) is 6.30. The minimum absolute atomic E-state index is 0.160. The summed E-state index contributed by atoms with van der Waals surface area (Å²) in [4.78, 5) is 6.79.